The molecule has 0 spiro atoms. The van der Waals surface area contributed by atoms with Crippen molar-refractivity contribution in [1.29, 1.82) is 0 Å². The third kappa shape index (κ3) is 3.31. The smallest absolute Gasteiger partial charge is 0.198 e. The van der Waals surface area contributed by atoms with Gasteiger partial charge in [0.2, 0.25) is 0 Å². The van der Waals surface area contributed by atoms with Crippen molar-refractivity contribution in [3.8, 4) is 22.3 Å². The molecule has 0 saturated heterocycles. The summed E-state index contributed by atoms with van der Waals surface area (Å²) in [4.78, 5) is 0. The summed E-state index contributed by atoms with van der Waals surface area (Å²) < 4.78 is 105. The molecule has 0 saturated carbocycles. The van der Waals surface area contributed by atoms with Crippen molar-refractivity contribution in [3.05, 3.63) is 100 Å². The van der Waals surface area contributed by atoms with E-state index in [2.05, 4.69) is 0 Å². The lowest BCUT2D eigenvalue weighted by atomic mass is 9.78. The predicted octanol–water partition coefficient (Wildman–Crippen LogP) is 7.18. The third-order valence-corrected chi connectivity index (χ3v) is 6.51. The van der Waals surface area contributed by atoms with Crippen molar-refractivity contribution < 1.29 is 30.7 Å². The Morgan fingerprint density at radius 2 is 0.750 bits per heavy atom. The van der Waals surface area contributed by atoms with Gasteiger partial charge < -0.3 is 0 Å². The maximum atomic E-state index is 15.5. The summed E-state index contributed by atoms with van der Waals surface area (Å²) in [6.45, 7) is 3.59. The summed E-state index contributed by atoms with van der Waals surface area (Å²) in [5.41, 5.74) is 1.79. The first-order valence-electron chi connectivity index (χ1n) is 11.0. The standard InChI is InChI=1S/C28H16BF7/c1-11-3-7-13(8-4-11)15-16(14-9-5-12(2)6-10-14)18-20(24(32)28(36)27(35)22(18)30)19-17(15)21(29)25(33)26(34)23(19)31/h3-10H,29H2,1-2H3. The second kappa shape index (κ2) is 8.40. The van der Waals surface area contributed by atoms with E-state index in [0.717, 1.165) is 19.0 Å². The summed E-state index contributed by atoms with van der Waals surface area (Å²) in [5, 5.41) is -2.93. The molecule has 0 fully saturated rings. The quantitative estimate of drug-likeness (QED) is 0.0799. The lowest BCUT2D eigenvalue weighted by Gasteiger charge is -2.22. The zero-order valence-corrected chi connectivity index (χ0v) is 19.3. The molecule has 0 aliphatic rings. The Morgan fingerprint density at radius 1 is 0.417 bits per heavy atom. The molecule has 0 aromatic heterocycles. The van der Waals surface area contributed by atoms with Crippen LogP contribution in [-0.2, 0) is 0 Å². The fourth-order valence-electron chi connectivity index (χ4n) is 4.69. The molecule has 5 rings (SSSR count). The van der Waals surface area contributed by atoms with Crippen LogP contribution in [0.1, 0.15) is 11.1 Å². The number of fused-ring (bicyclic) bond motifs is 3. The van der Waals surface area contributed by atoms with Crippen molar-refractivity contribution in [2.75, 3.05) is 0 Å². The molecule has 8 heteroatoms. The highest BCUT2D eigenvalue weighted by molar-refractivity contribution is 6.43. The maximum absolute atomic E-state index is 15.5. The van der Waals surface area contributed by atoms with Crippen LogP contribution >= 0.6 is 0 Å². The summed E-state index contributed by atoms with van der Waals surface area (Å²) >= 11 is 0. The molecule has 0 heterocycles. The molecular weight excluding hydrogens is 480 g/mol. The minimum atomic E-state index is -2.18. The Kier molecular flexibility index (Phi) is 5.58. The lowest BCUT2D eigenvalue weighted by Crippen LogP contribution is -2.17. The maximum Gasteiger partial charge on any atom is 0.198 e. The van der Waals surface area contributed by atoms with Gasteiger partial charge >= 0.3 is 0 Å². The number of hydrogen-bond donors (Lipinski definition) is 0. The molecule has 0 aliphatic carbocycles. The highest BCUT2D eigenvalue weighted by Crippen LogP contribution is 2.47. The van der Waals surface area contributed by atoms with E-state index in [9.17, 15) is 17.6 Å². The molecule has 0 atom stereocenters. The van der Waals surface area contributed by atoms with E-state index in [0.29, 0.717) is 5.56 Å². The van der Waals surface area contributed by atoms with Crippen LogP contribution in [0.4, 0.5) is 30.7 Å². The molecule has 5 aromatic carbocycles. The van der Waals surface area contributed by atoms with Gasteiger partial charge in [-0.05, 0) is 41.4 Å². The van der Waals surface area contributed by atoms with Crippen LogP contribution in [0.3, 0.4) is 0 Å². The van der Waals surface area contributed by atoms with Crippen LogP contribution in [-0.4, -0.2) is 7.85 Å². The van der Waals surface area contributed by atoms with Gasteiger partial charge in [-0.3, -0.25) is 0 Å². The van der Waals surface area contributed by atoms with Gasteiger partial charge in [0.25, 0.3) is 0 Å². The number of aryl methyl sites for hydroxylation is 2. The summed E-state index contributed by atoms with van der Waals surface area (Å²) in [7, 11) is 1.16. The molecule has 0 unspecified atom stereocenters. The predicted molar refractivity (Wildman–Crippen MR) is 130 cm³/mol. The number of benzene rings is 5. The van der Waals surface area contributed by atoms with Crippen molar-refractivity contribution in [3.63, 3.8) is 0 Å². The molecule has 5 aromatic rings. The Labute approximate surface area is 202 Å². The molecule has 0 N–H and O–H groups in total. The van der Waals surface area contributed by atoms with Crippen LogP contribution in [0.2, 0.25) is 0 Å². The summed E-state index contributed by atoms with van der Waals surface area (Å²) in [6, 6.07) is 13.0. The Morgan fingerprint density at radius 3 is 1.19 bits per heavy atom. The number of hydrogen-bond acceptors (Lipinski definition) is 0. The van der Waals surface area contributed by atoms with Gasteiger partial charge in [-0.15, -0.1) is 0 Å². The highest BCUT2D eigenvalue weighted by atomic mass is 19.2. The largest absolute Gasteiger partial charge is 0.204 e. The van der Waals surface area contributed by atoms with Crippen molar-refractivity contribution >= 4 is 34.9 Å². The highest BCUT2D eigenvalue weighted by Gasteiger charge is 2.32. The third-order valence-electron chi connectivity index (χ3n) is 6.51. The van der Waals surface area contributed by atoms with Gasteiger partial charge in [0.15, 0.2) is 40.7 Å². The first-order chi connectivity index (χ1) is 17.0. The van der Waals surface area contributed by atoms with E-state index >= 15 is 13.2 Å². The minimum Gasteiger partial charge on any atom is -0.204 e. The first kappa shape index (κ1) is 23.9. The van der Waals surface area contributed by atoms with E-state index in [1.54, 1.807) is 62.4 Å². The van der Waals surface area contributed by atoms with E-state index in [1.807, 2.05) is 0 Å². The van der Waals surface area contributed by atoms with Gasteiger partial charge in [-0.25, -0.2) is 30.7 Å². The normalized spacial score (nSPS) is 11.6. The van der Waals surface area contributed by atoms with E-state index in [1.165, 1.54) is 0 Å². The average Bonchev–Trinajstić information content (AvgIpc) is 2.87. The Bertz CT molecular complexity index is 1580. The van der Waals surface area contributed by atoms with Crippen LogP contribution in [0.5, 0.6) is 0 Å². The fraction of sp³-hybridized carbons (Fsp3) is 0.0714. The molecule has 180 valence electrons. The average molecular weight is 496 g/mol. The minimum absolute atomic E-state index is 0.0287. The number of rotatable bonds is 2. The van der Waals surface area contributed by atoms with Crippen LogP contribution in [0.25, 0.3) is 43.8 Å². The van der Waals surface area contributed by atoms with E-state index in [-0.39, 0.29) is 27.5 Å². The zero-order chi connectivity index (χ0) is 26.0. The SMILES string of the molecule is Bc1c(F)c(F)c(F)c2c1c(-c1ccc(C)cc1)c(-c1ccc(C)cc1)c1c(F)c(F)c(F)c(F)c12. The van der Waals surface area contributed by atoms with Gasteiger partial charge in [0.05, 0.1) is 0 Å². The van der Waals surface area contributed by atoms with Crippen molar-refractivity contribution in [2.24, 2.45) is 0 Å². The number of halogens is 7. The molecule has 0 radical (unpaired) electrons. The molecular formula is C28H16BF7. The molecule has 0 amide bonds. The summed E-state index contributed by atoms with van der Waals surface area (Å²) in [6.07, 6.45) is 0. The first-order valence-corrected chi connectivity index (χ1v) is 11.0. The van der Waals surface area contributed by atoms with Gasteiger partial charge in [-0.1, -0.05) is 59.7 Å². The van der Waals surface area contributed by atoms with Crippen LogP contribution < -0.4 is 5.46 Å². The molecule has 36 heavy (non-hydrogen) atoms. The Balaban J connectivity index is 2.23. The van der Waals surface area contributed by atoms with Gasteiger partial charge in [0.1, 0.15) is 7.85 Å². The molecule has 0 bridgehead atoms. The molecule has 0 aliphatic heterocycles. The monoisotopic (exact) mass is 496 g/mol. The van der Waals surface area contributed by atoms with E-state index < -0.39 is 56.9 Å². The van der Waals surface area contributed by atoms with Crippen molar-refractivity contribution in [2.45, 2.75) is 13.8 Å². The lowest BCUT2D eigenvalue weighted by molar-refractivity contribution is 0.418. The Hall–Kier alpha value is -3.81. The van der Waals surface area contributed by atoms with Crippen LogP contribution in [0.15, 0.2) is 48.5 Å². The fourth-order valence-corrected chi connectivity index (χ4v) is 4.69. The second-order valence-electron chi connectivity index (χ2n) is 8.80. The summed E-state index contributed by atoms with van der Waals surface area (Å²) in [5.74, 6) is -13.2. The molecule has 0 nitrogen and oxygen atoms in total. The zero-order valence-electron chi connectivity index (χ0n) is 19.3. The van der Waals surface area contributed by atoms with E-state index in [4.69, 9.17) is 0 Å². The van der Waals surface area contributed by atoms with Crippen molar-refractivity contribution in [1.82, 2.24) is 0 Å². The second-order valence-corrected chi connectivity index (χ2v) is 8.80. The van der Waals surface area contributed by atoms with Gasteiger partial charge in [-0.2, -0.15) is 0 Å². The topological polar surface area (TPSA) is 0 Å². The van der Waals surface area contributed by atoms with Gasteiger partial charge in [0, 0.05) is 21.7 Å². The van der Waals surface area contributed by atoms with Crippen LogP contribution in [0, 0.1) is 54.6 Å².